The van der Waals surface area contributed by atoms with Gasteiger partial charge < -0.3 is 4.55 Å². The summed E-state index contributed by atoms with van der Waals surface area (Å²) in [4.78, 5) is 0. The maximum Gasteiger partial charge on any atom is 0.642 e. The van der Waals surface area contributed by atoms with Gasteiger partial charge in [-0.05, 0) is 0 Å². The first kappa shape index (κ1) is 9.28. The molecule has 4 nitrogen and oxygen atoms in total. The van der Waals surface area contributed by atoms with Gasteiger partial charge in [0.1, 0.15) is 0 Å². The summed E-state index contributed by atoms with van der Waals surface area (Å²) in [5, 5.41) is 0. The third-order valence-corrected chi connectivity index (χ3v) is 8.17. The van der Waals surface area contributed by atoms with E-state index in [1.54, 1.807) is 0 Å². The Balaban J connectivity index is 5.01. The summed E-state index contributed by atoms with van der Waals surface area (Å²) in [6, 6.07) is 0. The van der Waals surface area contributed by atoms with Crippen molar-refractivity contribution in [2.45, 2.75) is 0 Å². The van der Waals surface area contributed by atoms with Crippen molar-refractivity contribution in [3.8, 4) is 0 Å². The van der Waals surface area contributed by atoms with Gasteiger partial charge in [0.25, 0.3) is 0 Å². The molecule has 0 aromatic heterocycles. The lowest BCUT2D eigenvalue weighted by Crippen LogP contribution is -2.09. The normalized spacial score (nSPS) is 18.1. The zero-order valence-electron chi connectivity index (χ0n) is 4.95. The molecule has 9 heavy (non-hydrogen) atoms. The third kappa shape index (κ3) is 8.28. The quantitative estimate of drug-likeness (QED) is 0.473. The van der Waals surface area contributed by atoms with E-state index >= 15 is 0 Å². The van der Waals surface area contributed by atoms with Crippen LogP contribution in [0.15, 0.2) is 0 Å². The largest absolute Gasteiger partial charge is 0.752 e. The van der Waals surface area contributed by atoms with Gasteiger partial charge in [-0.1, -0.05) is 0 Å². The molecule has 1 atom stereocenters. The standard InChI is InChI=1S/C2H6O4S2Si/c1-7(3,4)9-8(2,5)6/h1-2H3. The van der Waals surface area contributed by atoms with E-state index < -0.39 is 25.9 Å². The molecule has 0 saturated heterocycles. The molecule has 0 amide bonds. The molecule has 0 aliphatic heterocycles. The second-order valence-corrected chi connectivity index (χ2v) is 11.3. The molecule has 54 valence electrons. The third-order valence-electron chi connectivity index (χ3n) is 0.303. The van der Waals surface area contributed by atoms with Crippen LogP contribution in [-0.2, 0) is 18.5 Å². The van der Waals surface area contributed by atoms with Gasteiger partial charge in [0.2, 0.25) is 0 Å². The number of rotatable bonds is 1. The van der Waals surface area contributed by atoms with Gasteiger partial charge in [-0.3, -0.25) is 0 Å². The van der Waals surface area contributed by atoms with Gasteiger partial charge >= 0.3 is 16.7 Å². The summed E-state index contributed by atoms with van der Waals surface area (Å²) in [5.41, 5.74) is 0. The van der Waals surface area contributed by atoms with Crippen molar-refractivity contribution in [1.29, 1.82) is 0 Å². The van der Waals surface area contributed by atoms with Gasteiger partial charge in [0, 0.05) is 6.26 Å². The summed E-state index contributed by atoms with van der Waals surface area (Å²) in [6.45, 7) is 0. The van der Waals surface area contributed by atoms with Crippen LogP contribution in [-0.4, -0.2) is 37.1 Å². The van der Waals surface area contributed by atoms with Crippen LogP contribution < -0.4 is 0 Å². The molecule has 0 heterocycles. The molecule has 0 aliphatic rings. The second-order valence-electron chi connectivity index (χ2n) is 1.63. The van der Waals surface area contributed by atoms with E-state index in [9.17, 15) is 17.2 Å². The number of hydrogen-bond donors (Lipinski definition) is 0. The molecule has 0 aromatic carbocycles. The van der Waals surface area contributed by atoms with Crippen LogP contribution in [0.1, 0.15) is 0 Å². The van der Waals surface area contributed by atoms with Crippen LogP contribution in [0.2, 0.25) is 0 Å². The SMILES string of the molecule is CS(=O)(=O)[Si+]=S(C)(=O)[O-]. The molecule has 7 heteroatoms. The van der Waals surface area contributed by atoms with Gasteiger partial charge in [0.15, 0.2) is 0 Å². The van der Waals surface area contributed by atoms with E-state index in [4.69, 9.17) is 0 Å². The van der Waals surface area contributed by atoms with E-state index in [1.165, 1.54) is 0 Å². The Morgan fingerprint density at radius 1 is 1.22 bits per heavy atom. The summed E-state index contributed by atoms with van der Waals surface area (Å²) in [6.07, 6.45) is 1.79. The fraction of sp³-hybridized carbons (Fsp3) is 1.00. The Kier molecular flexibility index (Phi) is 2.56. The average molecular weight is 186 g/mol. The Morgan fingerprint density at radius 3 is 1.56 bits per heavy atom. The average Bonchev–Trinajstić information content (AvgIpc) is 1.14. The van der Waals surface area contributed by atoms with Crippen molar-refractivity contribution in [1.82, 2.24) is 0 Å². The minimum absolute atomic E-state index is 0.895. The lowest BCUT2D eigenvalue weighted by Gasteiger charge is -1.91. The minimum Gasteiger partial charge on any atom is -0.752 e. The highest BCUT2D eigenvalue weighted by Crippen LogP contribution is 1.78. The Bertz CT molecular complexity index is 285. The van der Waals surface area contributed by atoms with Crippen LogP contribution >= 0.6 is 0 Å². The molecule has 0 radical (unpaired) electrons. The fourth-order valence-corrected chi connectivity index (χ4v) is 7.42. The van der Waals surface area contributed by atoms with Crippen molar-refractivity contribution < 1.29 is 17.2 Å². The second kappa shape index (κ2) is 2.49. The van der Waals surface area contributed by atoms with Crippen molar-refractivity contribution in [3.63, 3.8) is 0 Å². The molecule has 0 saturated carbocycles. The molecule has 0 aromatic rings. The van der Waals surface area contributed by atoms with E-state index in [1.807, 2.05) is 0 Å². The van der Waals surface area contributed by atoms with Crippen LogP contribution in [0.3, 0.4) is 0 Å². The monoisotopic (exact) mass is 186 g/mol. The summed E-state index contributed by atoms with van der Waals surface area (Å²) < 4.78 is 41.1. The van der Waals surface area contributed by atoms with E-state index in [-0.39, 0.29) is 0 Å². The molecule has 0 bridgehead atoms. The maximum atomic E-state index is 10.3. The Morgan fingerprint density at radius 2 is 1.56 bits per heavy atom. The molecule has 0 fully saturated rings. The highest BCUT2D eigenvalue weighted by molar-refractivity contribution is 8.30. The smallest absolute Gasteiger partial charge is 0.642 e. The molecule has 0 N–H and O–H groups in total. The topological polar surface area (TPSA) is 74.3 Å². The highest BCUT2D eigenvalue weighted by atomic mass is 32.5. The Labute approximate surface area is 56.0 Å². The molecular weight excluding hydrogens is 180 g/mol. The van der Waals surface area contributed by atoms with E-state index in [0.717, 1.165) is 12.5 Å². The molecule has 1 unspecified atom stereocenters. The minimum atomic E-state index is -3.34. The van der Waals surface area contributed by atoms with Crippen LogP contribution in [0, 0.1) is 0 Å². The molecular formula is C2H6O4S2Si. The zero-order chi connectivity index (χ0) is 7.71. The highest BCUT2D eigenvalue weighted by Gasteiger charge is 2.17. The van der Waals surface area contributed by atoms with Crippen LogP contribution in [0.5, 0.6) is 0 Å². The molecule has 0 aliphatic carbocycles. The summed E-state index contributed by atoms with van der Waals surface area (Å²) in [5.74, 6) is 0. The molecule has 0 spiro atoms. The summed E-state index contributed by atoms with van der Waals surface area (Å²) >= 11 is 0. The fourth-order valence-electron chi connectivity index (χ4n) is 0.275. The van der Waals surface area contributed by atoms with Gasteiger partial charge in [-0.2, -0.15) is 8.42 Å². The van der Waals surface area contributed by atoms with Gasteiger partial charge in [-0.25, -0.2) is 4.21 Å². The lowest BCUT2D eigenvalue weighted by atomic mass is 12.0. The predicted octanol–water partition coefficient (Wildman–Crippen LogP) is -1.39. The van der Waals surface area contributed by atoms with Crippen molar-refractivity contribution in [2.75, 3.05) is 12.5 Å². The van der Waals surface area contributed by atoms with Crippen LogP contribution in [0.25, 0.3) is 0 Å². The van der Waals surface area contributed by atoms with Crippen molar-refractivity contribution in [3.05, 3.63) is 0 Å². The summed E-state index contributed by atoms with van der Waals surface area (Å²) in [7, 11) is -7.69. The van der Waals surface area contributed by atoms with Crippen molar-refractivity contribution >= 4 is 25.9 Å². The molecule has 0 rings (SSSR count). The zero-order valence-corrected chi connectivity index (χ0v) is 7.58. The predicted molar refractivity (Wildman–Crippen MR) is 35.4 cm³/mol. The van der Waals surface area contributed by atoms with Crippen LogP contribution in [0.4, 0.5) is 0 Å². The van der Waals surface area contributed by atoms with Gasteiger partial charge in [-0.15, -0.1) is 0 Å². The van der Waals surface area contributed by atoms with E-state index in [2.05, 4.69) is 0 Å². The van der Waals surface area contributed by atoms with Crippen molar-refractivity contribution in [2.24, 2.45) is 0 Å². The van der Waals surface area contributed by atoms with Gasteiger partial charge in [0.05, 0.1) is 15.5 Å². The lowest BCUT2D eigenvalue weighted by molar-refractivity contribution is 0.540. The first-order chi connectivity index (χ1) is 3.71. The van der Waals surface area contributed by atoms with E-state index in [0.29, 0.717) is 0 Å². The number of hydrogen-bond acceptors (Lipinski definition) is 4. The Hall–Kier alpha value is 0.277. The maximum absolute atomic E-state index is 10.3. The first-order valence-corrected chi connectivity index (χ1v) is 8.12. The first-order valence-electron chi connectivity index (χ1n) is 1.89.